The number of benzene rings is 1. The average Bonchev–Trinajstić information content (AvgIpc) is 2.36. The number of non-ortho nitro benzene ring substituents is 1. The van der Waals surface area contributed by atoms with Crippen LogP contribution in [-0.4, -0.2) is 23.3 Å². The van der Waals surface area contributed by atoms with E-state index in [1.807, 2.05) is 0 Å². The molecule has 0 aliphatic heterocycles. The Kier molecular flexibility index (Phi) is 4.93. The van der Waals surface area contributed by atoms with Crippen molar-refractivity contribution >= 4 is 23.5 Å². The van der Waals surface area contributed by atoms with Gasteiger partial charge in [0.15, 0.2) is 12.4 Å². The summed E-state index contributed by atoms with van der Waals surface area (Å²) in [7, 11) is 0. The number of nitrogens with zero attached hydrogens (tertiary/aromatic N) is 1. The third kappa shape index (κ3) is 4.71. The molecule has 1 rings (SSSR count). The Labute approximate surface area is 109 Å². The second-order valence-corrected chi connectivity index (χ2v) is 3.88. The number of carbonyl (C=O) groups excluding carboxylic acids is 2. The van der Waals surface area contributed by atoms with Gasteiger partial charge in [-0.2, -0.15) is 0 Å². The van der Waals surface area contributed by atoms with Crippen LogP contribution in [0.4, 0.5) is 5.69 Å². The molecule has 0 saturated carbocycles. The van der Waals surface area contributed by atoms with Crippen LogP contribution in [0, 0.1) is 10.1 Å². The number of hydrogen-bond donors (Lipinski definition) is 0. The fourth-order valence-electron chi connectivity index (χ4n) is 1.30. The lowest BCUT2D eigenvalue weighted by molar-refractivity contribution is -0.384. The summed E-state index contributed by atoms with van der Waals surface area (Å²) in [4.78, 5) is 32.1. The van der Waals surface area contributed by atoms with Crippen LogP contribution >= 0.6 is 0 Å². The minimum atomic E-state index is -0.517. The summed E-state index contributed by atoms with van der Waals surface area (Å²) in [6.07, 6.45) is 1.58. The third-order valence-electron chi connectivity index (χ3n) is 2.33. The molecule has 0 unspecified atom stereocenters. The van der Waals surface area contributed by atoms with E-state index in [-0.39, 0.29) is 18.1 Å². The number of rotatable bonds is 5. The first-order valence-electron chi connectivity index (χ1n) is 5.49. The standard InChI is InChI=1S/C13H13NO5/c1-9(13(16)8-19-10(2)15)7-11-3-5-12(6-4-11)14(17)18/h3-7H,8H2,1-2H3/b9-7+. The van der Waals surface area contributed by atoms with Gasteiger partial charge in [0, 0.05) is 19.1 Å². The Morgan fingerprint density at radius 1 is 1.26 bits per heavy atom. The monoisotopic (exact) mass is 263 g/mol. The Balaban J connectivity index is 2.75. The van der Waals surface area contributed by atoms with Crippen molar-refractivity contribution in [1.82, 2.24) is 0 Å². The van der Waals surface area contributed by atoms with Gasteiger partial charge in [-0.25, -0.2) is 0 Å². The van der Waals surface area contributed by atoms with Gasteiger partial charge in [0.1, 0.15) is 0 Å². The second-order valence-electron chi connectivity index (χ2n) is 3.88. The number of nitro benzene ring substituents is 1. The highest BCUT2D eigenvalue weighted by atomic mass is 16.6. The van der Waals surface area contributed by atoms with Gasteiger partial charge in [-0.3, -0.25) is 19.7 Å². The molecule has 0 bridgehead atoms. The van der Waals surface area contributed by atoms with E-state index in [4.69, 9.17) is 0 Å². The van der Waals surface area contributed by atoms with Crippen LogP contribution in [0.25, 0.3) is 6.08 Å². The van der Waals surface area contributed by atoms with E-state index in [2.05, 4.69) is 4.74 Å². The maximum absolute atomic E-state index is 11.6. The van der Waals surface area contributed by atoms with E-state index in [0.717, 1.165) is 0 Å². The summed E-state index contributed by atoms with van der Waals surface area (Å²) < 4.78 is 4.59. The predicted molar refractivity (Wildman–Crippen MR) is 68.4 cm³/mol. The molecule has 0 spiro atoms. The molecule has 0 heterocycles. The molecule has 0 amide bonds. The maximum atomic E-state index is 11.6. The van der Waals surface area contributed by atoms with E-state index in [0.29, 0.717) is 11.1 Å². The summed E-state index contributed by atoms with van der Waals surface area (Å²) in [5.74, 6) is -0.829. The lowest BCUT2D eigenvalue weighted by atomic mass is 10.1. The summed E-state index contributed by atoms with van der Waals surface area (Å²) >= 11 is 0. The number of ether oxygens (including phenoxy) is 1. The van der Waals surface area contributed by atoms with Crippen LogP contribution in [0.3, 0.4) is 0 Å². The van der Waals surface area contributed by atoms with E-state index < -0.39 is 10.9 Å². The number of nitro groups is 1. The van der Waals surface area contributed by atoms with E-state index >= 15 is 0 Å². The van der Waals surface area contributed by atoms with Gasteiger partial charge in [0.2, 0.25) is 0 Å². The number of Topliss-reactive ketones (excluding diaryl/α,β-unsaturated/α-hetero) is 1. The van der Waals surface area contributed by atoms with Crippen molar-refractivity contribution in [2.75, 3.05) is 6.61 Å². The molecule has 1 aromatic rings. The zero-order valence-corrected chi connectivity index (χ0v) is 10.6. The molecular formula is C13H13NO5. The Morgan fingerprint density at radius 2 is 1.84 bits per heavy atom. The van der Waals surface area contributed by atoms with Gasteiger partial charge >= 0.3 is 5.97 Å². The van der Waals surface area contributed by atoms with Crippen molar-refractivity contribution < 1.29 is 19.2 Å². The Hall–Kier alpha value is -2.50. The first-order chi connectivity index (χ1) is 8.90. The molecular weight excluding hydrogens is 250 g/mol. The molecule has 0 radical (unpaired) electrons. The van der Waals surface area contributed by atoms with E-state index in [1.54, 1.807) is 25.1 Å². The van der Waals surface area contributed by atoms with Crippen LogP contribution < -0.4 is 0 Å². The fourth-order valence-corrected chi connectivity index (χ4v) is 1.30. The lowest BCUT2D eigenvalue weighted by Crippen LogP contribution is -2.12. The minimum Gasteiger partial charge on any atom is -0.457 e. The number of hydrogen-bond acceptors (Lipinski definition) is 5. The van der Waals surface area contributed by atoms with Gasteiger partial charge in [-0.1, -0.05) is 0 Å². The van der Waals surface area contributed by atoms with Gasteiger partial charge in [0.05, 0.1) is 4.92 Å². The van der Waals surface area contributed by atoms with Gasteiger partial charge in [0.25, 0.3) is 5.69 Å². The highest BCUT2D eigenvalue weighted by Gasteiger charge is 2.07. The molecule has 0 N–H and O–H groups in total. The first kappa shape index (κ1) is 14.6. The molecule has 0 aliphatic carbocycles. The normalized spacial score (nSPS) is 10.9. The van der Waals surface area contributed by atoms with Crippen LogP contribution in [-0.2, 0) is 14.3 Å². The summed E-state index contributed by atoms with van der Waals surface area (Å²) in [5.41, 5.74) is 1.07. The second kappa shape index (κ2) is 6.44. The summed E-state index contributed by atoms with van der Waals surface area (Å²) in [5, 5.41) is 10.5. The molecule has 6 nitrogen and oxygen atoms in total. The highest BCUT2D eigenvalue weighted by Crippen LogP contribution is 2.14. The number of carbonyl (C=O) groups is 2. The highest BCUT2D eigenvalue weighted by molar-refractivity contribution is 6.00. The number of esters is 1. The molecule has 0 fully saturated rings. The van der Waals surface area contributed by atoms with Crippen LogP contribution in [0.5, 0.6) is 0 Å². The zero-order chi connectivity index (χ0) is 14.4. The van der Waals surface area contributed by atoms with Crippen molar-refractivity contribution in [1.29, 1.82) is 0 Å². The quantitative estimate of drug-likeness (QED) is 0.351. The summed E-state index contributed by atoms with van der Waals surface area (Å²) in [6, 6.07) is 5.80. The van der Waals surface area contributed by atoms with Crippen LogP contribution in [0.2, 0.25) is 0 Å². The fraction of sp³-hybridized carbons (Fsp3) is 0.231. The topological polar surface area (TPSA) is 86.5 Å². The van der Waals surface area contributed by atoms with Gasteiger partial charge in [-0.05, 0) is 36.3 Å². The molecule has 0 aliphatic rings. The van der Waals surface area contributed by atoms with Gasteiger partial charge < -0.3 is 4.74 Å². The summed E-state index contributed by atoms with van der Waals surface area (Å²) in [6.45, 7) is 2.51. The molecule has 1 aromatic carbocycles. The van der Waals surface area contributed by atoms with Crippen molar-refractivity contribution in [2.45, 2.75) is 13.8 Å². The van der Waals surface area contributed by atoms with E-state index in [1.165, 1.54) is 19.1 Å². The molecule has 6 heteroatoms. The van der Waals surface area contributed by atoms with Crippen molar-refractivity contribution in [3.8, 4) is 0 Å². The average molecular weight is 263 g/mol. The maximum Gasteiger partial charge on any atom is 0.303 e. The van der Waals surface area contributed by atoms with Crippen molar-refractivity contribution in [3.63, 3.8) is 0 Å². The minimum absolute atomic E-state index is 0.0129. The predicted octanol–water partition coefficient (Wildman–Crippen LogP) is 2.13. The molecule has 0 aromatic heterocycles. The third-order valence-corrected chi connectivity index (χ3v) is 2.33. The van der Waals surface area contributed by atoms with Crippen LogP contribution in [0.1, 0.15) is 19.4 Å². The smallest absolute Gasteiger partial charge is 0.303 e. The molecule has 19 heavy (non-hydrogen) atoms. The SMILES string of the molecule is CC(=O)OCC(=O)/C(C)=C/c1ccc([N+](=O)[O-])cc1. The van der Waals surface area contributed by atoms with Crippen LogP contribution in [0.15, 0.2) is 29.8 Å². The largest absolute Gasteiger partial charge is 0.457 e. The van der Waals surface area contributed by atoms with E-state index in [9.17, 15) is 19.7 Å². The molecule has 100 valence electrons. The number of ketones is 1. The van der Waals surface area contributed by atoms with Crippen molar-refractivity contribution in [2.24, 2.45) is 0 Å². The lowest BCUT2D eigenvalue weighted by Gasteiger charge is -2.02. The zero-order valence-electron chi connectivity index (χ0n) is 10.6. The Bertz CT molecular complexity index is 530. The Morgan fingerprint density at radius 3 is 2.32 bits per heavy atom. The molecule has 0 saturated heterocycles. The van der Waals surface area contributed by atoms with Gasteiger partial charge in [-0.15, -0.1) is 0 Å². The first-order valence-corrected chi connectivity index (χ1v) is 5.49. The molecule has 0 atom stereocenters. The van der Waals surface area contributed by atoms with Crippen molar-refractivity contribution in [3.05, 3.63) is 45.5 Å².